The molecule has 4 rings (SSSR count). The Bertz CT molecular complexity index is 863. The third-order valence-electron chi connectivity index (χ3n) is 4.54. The number of thiazole rings is 1. The minimum atomic E-state index is 0.895. The van der Waals surface area contributed by atoms with E-state index in [0.29, 0.717) is 0 Å². The summed E-state index contributed by atoms with van der Waals surface area (Å²) in [6, 6.07) is 12.7. The van der Waals surface area contributed by atoms with Crippen LogP contribution in [0.2, 0.25) is 0 Å². The van der Waals surface area contributed by atoms with Crippen LogP contribution in [0.25, 0.3) is 10.2 Å². The van der Waals surface area contributed by atoms with Crippen molar-refractivity contribution in [2.45, 2.75) is 13.2 Å². The summed E-state index contributed by atoms with van der Waals surface area (Å²) in [5, 5.41) is 0. The van der Waals surface area contributed by atoms with E-state index in [0.717, 1.165) is 43.3 Å². The molecule has 0 atom stereocenters. The highest BCUT2D eigenvalue weighted by Gasteiger charge is 2.18. The Morgan fingerprint density at radius 3 is 2.46 bits per heavy atom. The Kier molecular flexibility index (Phi) is 4.71. The number of fused-ring (bicyclic) bond motifs is 1. The van der Waals surface area contributed by atoms with E-state index in [1.54, 1.807) is 11.3 Å². The van der Waals surface area contributed by atoms with Gasteiger partial charge in [0, 0.05) is 45.1 Å². The van der Waals surface area contributed by atoms with Crippen LogP contribution in [0.15, 0.2) is 48.8 Å². The molecule has 124 valence electrons. The molecule has 1 fully saturated rings. The van der Waals surface area contributed by atoms with Crippen molar-refractivity contribution >= 4 is 33.8 Å². The molecule has 0 radical (unpaired) electrons. The van der Waals surface area contributed by atoms with E-state index < -0.39 is 0 Å². The fraction of sp³-hybridized carbons (Fsp3) is 0.333. The highest BCUT2D eigenvalue weighted by atomic mass is 32.1. The summed E-state index contributed by atoms with van der Waals surface area (Å²) >= 11 is 7.27. The second kappa shape index (κ2) is 7.11. The van der Waals surface area contributed by atoms with Gasteiger partial charge in [-0.15, -0.1) is 11.3 Å². The zero-order chi connectivity index (χ0) is 16.4. The van der Waals surface area contributed by atoms with E-state index >= 15 is 0 Å². The lowest BCUT2D eigenvalue weighted by Gasteiger charge is -2.34. The molecule has 3 aromatic rings. The van der Waals surface area contributed by atoms with Crippen molar-refractivity contribution in [1.82, 2.24) is 19.4 Å². The Labute approximate surface area is 151 Å². The number of rotatable bonds is 4. The van der Waals surface area contributed by atoms with Crippen molar-refractivity contribution in [3.63, 3.8) is 0 Å². The smallest absolute Gasteiger partial charge is 0.163 e. The number of benzene rings is 1. The molecule has 6 heteroatoms. The molecule has 24 heavy (non-hydrogen) atoms. The topological polar surface area (TPSA) is 24.3 Å². The van der Waals surface area contributed by atoms with Crippen molar-refractivity contribution in [2.24, 2.45) is 0 Å². The maximum Gasteiger partial charge on any atom is 0.163 e. The monoisotopic (exact) mass is 356 g/mol. The van der Waals surface area contributed by atoms with E-state index in [-0.39, 0.29) is 0 Å². The number of aromatic nitrogens is 2. The van der Waals surface area contributed by atoms with E-state index in [4.69, 9.17) is 12.2 Å². The molecule has 1 aliphatic rings. The van der Waals surface area contributed by atoms with Crippen LogP contribution in [0.3, 0.4) is 0 Å². The zero-order valence-corrected chi connectivity index (χ0v) is 15.1. The molecule has 1 aromatic carbocycles. The minimum Gasteiger partial charge on any atom is -0.309 e. The van der Waals surface area contributed by atoms with Gasteiger partial charge in [0.15, 0.2) is 3.95 Å². The number of piperazine rings is 1. The van der Waals surface area contributed by atoms with Gasteiger partial charge in [0.1, 0.15) is 0 Å². The number of pyridine rings is 1. The quantitative estimate of drug-likeness (QED) is 0.667. The third kappa shape index (κ3) is 3.42. The summed E-state index contributed by atoms with van der Waals surface area (Å²) in [7, 11) is 0. The molecular formula is C18H20N4S2. The molecule has 4 nitrogen and oxygen atoms in total. The molecule has 1 saturated heterocycles. The van der Waals surface area contributed by atoms with Gasteiger partial charge in [-0.1, -0.05) is 12.1 Å². The Balaban J connectivity index is 1.39. The lowest BCUT2D eigenvalue weighted by atomic mass is 10.2. The zero-order valence-electron chi connectivity index (χ0n) is 13.5. The van der Waals surface area contributed by atoms with Gasteiger partial charge in [-0.25, -0.2) is 0 Å². The van der Waals surface area contributed by atoms with Gasteiger partial charge in [-0.3, -0.25) is 14.8 Å². The van der Waals surface area contributed by atoms with Crippen molar-refractivity contribution < 1.29 is 0 Å². The standard InChI is InChI=1S/C18H20N4S2/c23-18-22(16-3-1-2-4-17(16)24-18)14-21-11-9-20(10-12-21)13-15-5-7-19-8-6-15/h1-8H,9-14H2. The number of hydrogen-bond acceptors (Lipinski definition) is 5. The summed E-state index contributed by atoms with van der Waals surface area (Å²) in [4.78, 5) is 9.10. The van der Waals surface area contributed by atoms with Crippen LogP contribution in [0.4, 0.5) is 0 Å². The van der Waals surface area contributed by atoms with E-state index in [9.17, 15) is 0 Å². The first-order valence-corrected chi connectivity index (χ1v) is 9.44. The van der Waals surface area contributed by atoms with Crippen molar-refractivity contribution in [2.75, 3.05) is 26.2 Å². The molecule has 0 N–H and O–H groups in total. The molecule has 0 saturated carbocycles. The van der Waals surface area contributed by atoms with Gasteiger partial charge >= 0.3 is 0 Å². The van der Waals surface area contributed by atoms with Crippen LogP contribution in [-0.2, 0) is 13.2 Å². The molecule has 0 unspecified atom stereocenters. The predicted octanol–water partition coefficient (Wildman–Crippen LogP) is 3.60. The van der Waals surface area contributed by atoms with E-state index in [1.165, 1.54) is 15.8 Å². The summed E-state index contributed by atoms with van der Waals surface area (Å²) in [5.74, 6) is 0. The molecule has 2 aromatic heterocycles. The number of nitrogens with zero attached hydrogens (tertiary/aromatic N) is 4. The van der Waals surface area contributed by atoms with Gasteiger partial charge in [-0.05, 0) is 42.0 Å². The molecule has 0 amide bonds. The highest BCUT2D eigenvalue weighted by Crippen LogP contribution is 2.23. The fourth-order valence-corrected chi connectivity index (χ4v) is 4.49. The molecule has 3 heterocycles. The Hall–Kier alpha value is -1.60. The second-order valence-corrected chi connectivity index (χ2v) is 7.83. The normalized spacial score (nSPS) is 16.7. The number of para-hydroxylation sites is 1. The summed E-state index contributed by atoms with van der Waals surface area (Å²) in [6.45, 7) is 6.26. The maximum atomic E-state index is 5.57. The van der Waals surface area contributed by atoms with Gasteiger partial charge in [0.25, 0.3) is 0 Å². The first kappa shape index (κ1) is 15.9. The molecule has 0 spiro atoms. The molecule has 0 aliphatic carbocycles. The van der Waals surface area contributed by atoms with Crippen molar-refractivity contribution in [1.29, 1.82) is 0 Å². The first-order chi connectivity index (χ1) is 11.8. The van der Waals surface area contributed by atoms with Crippen LogP contribution in [-0.4, -0.2) is 45.5 Å². The minimum absolute atomic E-state index is 0.895. The Morgan fingerprint density at radius 1 is 0.958 bits per heavy atom. The summed E-state index contributed by atoms with van der Waals surface area (Å²) < 4.78 is 4.52. The third-order valence-corrected chi connectivity index (χ3v) is 5.97. The lowest BCUT2D eigenvalue weighted by Crippen LogP contribution is -2.46. The lowest BCUT2D eigenvalue weighted by molar-refractivity contribution is 0.104. The molecule has 1 aliphatic heterocycles. The largest absolute Gasteiger partial charge is 0.309 e. The van der Waals surface area contributed by atoms with Crippen LogP contribution < -0.4 is 0 Å². The first-order valence-electron chi connectivity index (χ1n) is 8.21. The highest BCUT2D eigenvalue weighted by molar-refractivity contribution is 7.73. The summed E-state index contributed by atoms with van der Waals surface area (Å²) in [6.07, 6.45) is 3.74. The average Bonchev–Trinajstić information content (AvgIpc) is 2.93. The average molecular weight is 357 g/mol. The van der Waals surface area contributed by atoms with Gasteiger partial charge in [0.2, 0.25) is 0 Å². The predicted molar refractivity (Wildman–Crippen MR) is 102 cm³/mol. The summed E-state index contributed by atoms with van der Waals surface area (Å²) in [5.41, 5.74) is 2.59. The van der Waals surface area contributed by atoms with E-state index in [2.05, 4.69) is 55.7 Å². The van der Waals surface area contributed by atoms with Gasteiger partial charge < -0.3 is 4.57 Å². The Morgan fingerprint density at radius 2 is 1.67 bits per heavy atom. The van der Waals surface area contributed by atoms with Crippen molar-refractivity contribution in [3.8, 4) is 0 Å². The SMILES string of the molecule is S=c1sc2ccccc2n1CN1CCN(Cc2ccncc2)CC1. The van der Waals surface area contributed by atoms with E-state index in [1.807, 2.05) is 12.4 Å². The van der Waals surface area contributed by atoms with Gasteiger partial charge in [-0.2, -0.15) is 0 Å². The van der Waals surface area contributed by atoms with Crippen molar-refractivity contribution in [3.05, 3.63) is 58.3 Å². The fourth-order valence-electron chi connectivity index (χ4n) is 3.18. The number of hydrogen-bond donors (Lipinski definition) is 0. The van der Waals surface area contributed by atoms with Crippen LogP contribution >= 0.6 is 23.6 Å². The maximum absolute atomic E-state index is 5.57. The van der Waals surface area contributed by atoms with Crippen LogP contribution in [0.5, 0.6) is 0 Å². The molecular weight excluding hydrogens is 336 g/mol. The second-order valence-electron chi connectivity index (χ2n) is 6.15. The van der Waals surface area contributed by atoms with Crippen LogP contribution in [0.1, 0.15) is 5.56 Å². The molecule has 0 bridgehead atoms. The van der Waals surface area contributed by atoms with Gasteiger partial charge in [0.05, 0.1) is 16.9 Å². The van der Waals surface area contributed by atoms with Crippen LogP contribution in [0, 0.1) is 3.95 Å².